The lowest BCUT2D eigenvalue weighted by atomic mass is 10.0. The van der Waals surface area contributed by atoms with Gasteiger partial charge in [0.2, 0.25) is 10.0 Å². The van der Waals surface area contributed by atoms with Crippen LogP contribution in [-0.4, -0.2) is 36.7 Å². The van der Waals surface area contributed by atoms with Crippen LogP contribution in [0, 0.1) is 18.3 Å². The van der Waals surface area contributed by atoms with E-state index in [4.69, 9.17) is 10.4 Å². The largest absolute Gasteiger partial charge is 0.481 e. The smallest absolute Gasteiger partial charge is 0.306 e. The molecule has 7 nitrogen and oxygen atoms in total. The fourth-order valence-corrected chi connectivity index (χ4v) is 2.90. The first-order valence-corrected chi connectivity index (χ1v) is 7.50. The number of nitrogens with one attached hydrogen (secondary N) is 1. The van der Waals surface area contributed by atoms with Gasteiger partial charge < -0.3 is 10.2 Å². The summed E-state index contributed by atoms with van der Waals surface area (Å²) in [7, 11) is -3.89. The van der Waals surface area contributed by atoms with Crippen LogP contribution in [0.5, 0.6) is 0 Å². The van der Waals surface area contributed by atoms with Crippen molar-refractivity contribution in [3.8, 4) is 6.07 Å². The summed E-state index contributed by atoms with van der Waals surface area (Å²) in [5.74, 6) is -1.23. The van der Waals surface area contributed by atoms with Gasteiger partial charge in [0, 0.05) is 6.54 Å². The molecule has 3 N–H and O–H groups in total. The lowest BCUT2D eigenvalue weighted by Gasteiger charge is -2.21. The Hall–Kier alpha value is -1.95. The van der Waals surface area contributed by atoms with E-state index in [1.807, 2.05) is 6.07 Å². The maximum atomic E-state index is 12.1. The zero-order valence-corrected chi connectivity index (χ0v) is 12.4. The van der Waals surface area contributed by atoms with Crippen LogP contribution >= 0.6 is 0 Å². The summed E-state index contributed by atoms with van der Waals surface area (Å²) in [6, 6.07) is 5.94. The van der Waals surface area contributed by atoms with Crippen molar-refractivity contribution in [2.45, 2.75) is 30.8 Å². The second-order valence-corrected chi connectivity index (χ2v) is 6.75. The standard InChI is InChI=1S/C13H16N2O5S/c1-9-5-11(4-3-10(9)7-14)21(19,20)15-8-13(2,18)6-12(16)17/h3-5,15,18H,6,8H2,1-2H3,(H,16,17). The molecule has 1 aromatic carbocycles. The lowest BCUT2D eigenvalue weighted by Crippen LogP contribution is -2.42. The number of carboxylic acids is 1. The summed E-state index contributed by atoms with van der Waals surface area (Å²) in [4.78, 5) is 10.5. The number of aryl methyl sites for hydroxylation is 1. The molecule has 0 amide bonds. The number of sulfonamides is 1. The lowest BCUT2D eigenvalue weighted by molar-refractivity contribution is -0.141. The molecule has 0 radical (unpaired) electrons. The van der Waals surface area contributed by atoms with E-state index in [0.29, 0.717) is 11.1 Å². The minimum absolute atomic E-state index is 0.0508. The Bertz CT molecular complexity index is 689. The molecule has 0 heterocycles. The van der Waals surface area contributed by atoms with E-state index in [0.717, 1.165) is 0 Å². The number of aliphatic carboxylic acids is 1. The Kier molecular flexibility index (Phi) is 5.06. The number of rotatable bonds is 6. The highest BCUT2D eigenvalue weighted by atomic mass is 32.2. The van der Waals surface area contributed by atoms with E-state index in [1.54, 1.807) is 6.92 Å². The van der Waals surface area contributed by atoms with Crippen molar-refractivity contribution in [3.63, 3.8) is 0 Å². The third-order valence-corrected chi connectivity index (χ3v) is 4.20. The predicted octanol–water partition coefficient (Wildman–Crippen LogP) is 0.371. The van der Waals surface area contributed by atoms with Crippen LogP contribution in [0.25, 0.3) is 0 Å². The quantitative estimate of drug-likeness (QED) is 0.696. The van der Waals surface area contributed by atoms with Gasteiger partial charge in [-0.2, -0.15) is 5.26 Å². The van der Waals surface area contributed by atoms with Crippen molar-refractivity contribution in [1.29, 1.82) is 5.26 Å². The van der Waals surface area contributed by atoms with Crippen molar-refractivity contribution in [2.24, 2.45) is 0 Å². The van der Waals surface area contributed by atoms with Gasteiger partial charge in [-0.05, 0) is 37.6 Å². The van der Waals surface area contributed by atoms with Crippen LogP contribution in [0.1, 0.15) is 24.5 Å². The zero-order chi connectivity index (χ0) is 16.3. The number of carboxylic acid groups (broad SMARTS) is 1. The van der Waals surface area contributed by atoms with Crippen LogP contribution in [0.2, 0.25) is 0 Å². The van der Waals surface area contributed by atoms with Crippen LogP contribution in [0.3, 0.4) is 0 Å². The van der Waals surface area contributed by atoms with Gasteiger partial charge in [0.25, 0.3) is 0 Å². The van der Waals surface area contributed by atoms with Crippen molar-refractivity contribution >= 4 is 16.0 Å². The molecule has 0 aromatic heterocycles. The van der Waals surface area contributed by atoms with Crippen LogP contribution in [0.15, 0.2) is 23.1 Å². The SMILES string of the molecule is Cc1cc(S(=O)(=O)NCC(C)(O)CC(=O)O)ccc1C#N. The minimum Gasteiger partial charge on any atom is -0.481 e. The van der Waals surface area contributed by atoms with Crippen LogP contribution in [0.4, 0.5) is 0 Å². The molecule has 0 spiro atoms. The van der Waals surface area contributed by atoms with Gasteiger partial charge >= 0.3 is 5.97 Å². The monoisotopic (exact) mass is 312 g/mol. The highest BCUT2D eigenvalue weighted by Crippen LogP contribution is 2.16. The molecule has 0 fully saturated rings. The molecular formula is C13H16N2O5S. The molecule has 0 aliphatic carbocycles. The molecule has 0 saturated heterocycles. The summed E-state index contributed by atoms with van der Waals surface area (Å²) in [6.07, 6.45) is -0.581. The Balaban J connectivity index is 2.90. The number of benzene rings is 1. The summed E-state index contributed by atoms with van der Waals surface area (Å²) < 4.78 is 26.3. The number of hydrogen-bond acceptors (Lipinski definition) is 5. The molecule has 1 atom stereocenters. The molecular weight excluding hydrogens is 296 g/mol. The van der Waals surface area contributed by atoms with Crippen LogP contribution in [-0.2, 0) is 14.8 Å². The van der Waals surface area contributed by atoms with E-state index < -0.39 is 34.6 Å². The maximum Gasteiger partial charge on any atom is 0.306 e. The van der Waals surface area contributed by atoms with Crippen molar-refractivity contribution in [3.05, 3.63) is 29.3 Å². The van der Waals surface area contributed by atoms with Gasteiger partial charge in [-0.3, -0.25) is 4.79 Å². The second kappa shape index (κ2) is 6.22. The highest BCUT2D eigenvalue weighted by Gasteiger charge is 2.27. The fraction of sp³-hybridized carbons (Fsp3) is 0.385. The van der Waals surface area contributed by atoms with E-state index in [2.05, 4.69) is 4.72 Å². The van der Waals surface area contributed by atoms with Crippen molar-refractivity contribution in [1.82, 2.24) is 4.72 Å². The number of nitriles is 1. The van der Waals surface area contributed by atoms with Crippen LogP contribution < -0.4 is 4.72 Å². The summed E-state index contributed by atoms with van der Waals surface area (Å²) in [5.41, 5.74) is -0.815. The Labute approximate surface area is 122 Å². The van der Waals surface area contributed by atoms with Gasteiger partial charge in [0.1, 0.15) is 0 Å². The molecule has 8 heteroatoms. The number of carbonyl (C=O) groups is 1. The van der Waals surface area contributed by atoms with Gasteiger partial charge in [-0.25, -0.2) is 13.1 Å². The molecule has 0 aliphatic heterocycles. The highest BCUT2D eigenvalue weighted by molar-refractivity contribution is 7.89. The molecule has 0 saturated carbocycles. The molecule has 1 aromatic rings. The first kappa shape index (κ1) is 17.1. The Morgan fingerprint density at radius 3 is 2.57 bits per heavy atom. The molecule has 1 rings (SSSR count). The average molecular weight is 312 g/mol. The van der Waals surface area contributed by atoms with Crippen molar-refractivity contribution < 1.29 is 23.4 Å². The Morgan fingerprint density at radius 2 is 2.10 bits per heavy atom. The first-order chi connectivity index (χ1) is 9.57. The second-order valence-electron chi connectivity index (χ2n) is 4.98. The number of hydrogen-bond donors (Lipinski definition) is 3. The molecule has 1 unspecified atom stereocenters. The Morgan fingerprint density at radius 1 is 1.48 bits per heavy atom. The normalized spacial score (nSPS) is 14.2. The van der Waals surface area contributed by atoms with E-state index in [-0.39, 0.29) is 4.90 Å². The predicted molar refractivity (Wildman–Crippen MR) is 74.0 cm³/mol. The van der Waals surface area contributed by atoms with E-state index in [9.17, 15) is 18.3 Å². The fourth-order valence-electron chi connectivity index (χ4n) is 1.65. The molecule has 21 heavy (non-hydrogen) atoms. The van der Waals surface area contributed by atoms with Crippen molar-refractivity contribution in [2.75, 3.05) is 6.54 Å². The first-order valence-electron chi connectivity index (χ1n) is 6.02. The zero-order valence-electron chi connectivity index (χ0n) is 11.6. The van der Waals surface area contributed by atoms with Gasteiger partial charge in [0.15, 0.2) is 0 Å². The molecule has 114 valence electrons. The number of nitrogens with zero attached hydrogens (tertiary/aromatic N) is 1. The minimum atomic E-state index is -3.89. The third kappa shape index (κ3) is 4.82. The maximum absolute atomic E-state index is 12.1. The average Bonchev–Trinajstić information content (AvgIpc) is 2.35. The van der Waals surface area contributed by atoms with Gasteiger partial charge in [0.05, 0.1) is 28.6 Å². The van der Waals surface area contributed by atoms with E-state index in [1.165, 1.54) is 25.1 Å². The summed E-state index contributed by atoms with van der Waals surface area (Å²) in [6.45, 7) is 2.41. The number of aliphatic hydroxyl groups is 1. The van der Waals surface area contributed by atoms with Gasteiger partial charge in [-0.1, -0.05) is 0 Å². The summed E-state index contributed by atoms with van der Waals surface area (Å²) >= 11 is 0. The topological polar surface area (TPSA) is 127 Å². The molecule has 0 bridgehead atoms. The van der Waals surface area contributed by atoms with E-state index >= 15 is 0 Å². The molecule has 0 aliphatic rings. The summed E-state index contributed by atoms with van der Waals surface area (Å²) in [5, 5.41) is 27.2. The van der Waals surface area contributed by atoms with Gasteiger partial charge in [-0.15, -0.1) is 0 Å². The third-order valence-electron chi connectivity index (χ3n) is 2.80.